The molecule has 1 aliphatic heterocycles. The van der Waals surface area contributed by atoms with Crippen LogP contribution in [0.15, 0.2) is 35.1 Å². The zero-order valence-corrected chi connectivity index (χ0v) is 12.9. The Kier molecular flexibility index (Phi) is 4.29. The van der Waals surface area contributed by atoms with Crippen molar-refractivity contribution < 1.29 is 9.18 Å². The van der Waals surface area contributed by atoms with Gasteiger partial charge in [-0.25, -0.2) is 9.49 Å². The summed E-state index contributed by atoms with van der Waals surface area (Å²) in [6.07, 6.45) is 0. The summed E-state index contributed by atoms with van der Waals surface area (Å²) < 4.78 is 13.2. The number of nitrogens with one attached hydrogen (secondary N) is 1. The van der Waals surface area contributed by atoms with Crippen LogP contribution in [0.2, 0.25) is 5.02 Å². The molecule has 3 rings (SSSR count). The maximum atomic E-state index is 13.2. The zero-order chi connectivity index (χ0) is 16.4. The fourth-order valence-corrected chi connectivity index (χ4v) is 2.65. The summed E-state index contributed by atoms with van der Waals surface area (Å²) in [5.74, 6) is -0.675. The first-order chi connectivity index (χ1) is 11.0. The molecule has 1 aromatic heterocycles. The predicted molar refractivity (Wildman–Crippen MR) is 84.4 cm³/mol. The van der Waals surface area contributed by atoms with Gasteiger partial charge in [0.15, 0.2) is 0 Å². The molecule has 0 spiro atoms. The molecule has 6 nitrogen and oxygen atoms in total. The molecule has 23 heavy (non-hydrogen) atoms. The van der Waals surface area contributed by atoms with Gasteiger partial charge in [-0.05, 0) is 24.3 Å². The zero-order valence-electron chi connectivity index (χ0n) is 12.1. The molecule has 120 valence electrons. The van der Waals surface area contributed by atoms with E-state index in [-0.39, 0.29) is 22.2 Å². The number of amides is 1. The monoisotopic (exact) mass is 336 g/mol. The minimum absolute atomic E-state index is 0.0819. The Labute approximate surface area is 136 Å². The van der Waals surface area contributed by atoms with Crippen LogP contribution in [0.25, 0.3) is 0 Å². The van der Waals surface area contributed by atoms with Gasteiger partial charge in [0.25, 0.3) is 11.5 Å². The number of nitrogens with zero attached hydrogens (tertiary/aromatic N) is 3. The highest BCUT2D eigenvalue weighted by Gasteiger charge is 2.23. The number of halogens is 2. The van der Waals surface area contributed by atoms with Crippen LogP contribution in [-0.4, -0.2) is 47.2 Å². The number of anilines is 1. The van der Waals surface area contributed by atoms with Crippen LogP contribution in [0.3, 0.4) is 0 Å². The van der Waals surface area contributed by atoms with Gasteiger partial charge in [0.05, 0.1) is 5.02 Å². The van der Waals surface area contributed by atoms with Crippen molar-refractivity contribution in [3.8, 4) is 0 Å². The molecule has 2 heterocycles. The van der Waals surface area contributed by atoms with E-state index in [4.69, 9.17) is 11.6 Å². The van der Waals surface area contributed by atoms with Gasteiger partial charge < -0.3 is 9.80 Å². The largest absolute Gasteiger partial charge is 0.368 e. The lowest BCUT2D eigenvalue weighted by Gasteiger charge is -2.36. The van der Waals surface area contributed by atoms with Gasteiger partial charge in [-0.15, -0.1) is 0 Å². The van der Waals surface area contributed by atoms with Gasteiger partial charge in [-0.3, -0.25) is 9.59 Å². The van der Waals surface area contributed by atoms with Gasteiger partial charge in [0.2, 0.25) is 0 Å². The topological polar surface area (TPSA) is 69.3 Å². The fraction of sp³-hybridized carbons (Fsp3) is 0.267. The van der Waals surface area contributed by atoms with Crippen molar-refractivity contribution in [1.82, 2.24) is 15.1 Å². The lowest BCUT2D eigenvalue weighted by molar-refractivity contribution is 0.0739. The average Bonchev–Trinajstić information content (AvgIpc) is 2.57. The molecule has 1 N–H and O–H groups in total. The van der Waals surface area contributed by atoms with Crippen LogP contribution < -0.4 is 10.5 Å². The van der Waals surface area contributed by atoms with E-state index in [1.165, 1.54) is 18.2 Å². The smallest absolute Gasteiger partial charge is 0.274 e. The second kappa shape index (κ2) is 6.37. The molecule has 0 aliphatic carbocycles. The van der Waals surface area contributed by atoms with Gasteiger partial charge in [-0.2, -0.15) is 5.10 Å². The van der Waals surface area contributed by atoms with Gasteiger partial charge in [0, 0.05) is 37.9 Å². The van der Waals surface area contributed by atoms with E-state index < -0.39 is 5.82 Å². The normalized spacial score (nSPS) is 14.9. The Balaban J connectivity index is 1.66. The second-order valence-corrected chi connectivity index (χ2v) is 5.59. The standard InChI is InChI=1S/C15H14ClFN4O2/c16-11-9-10(1-2-12(11)17)20-5-7-21(8-6-20)15(23)13-3-4-14(22)19-18-13/h1-4,9H,5-8H2,(H,19,22). The Hall–Kier alpha value is -2.41. The van der Waals surface area contributed by atoms with Crippen molar-refractivity contribution in [1.29, 1.82) is 0 Å². The van der Waals surface area contributed by atoms with E-state index in [0.717, 1.165) is 5.69 Å². The molecule has 1 aliphatic rings. The summed E-state index contributed by atoms with van der Waals surface area (Å²) in [6.45, 7) is 2.23. The molecule has 0 atom stereocenters. The summed E-state index contributed by atoms with van der Waals surface area (Å²) in [5.41, 5.74) is 0.688. The second-order valence-electron chi connectivity index (χ2n) is 5.18. The maximum Gasteiger partial charge on any atom is 0.274 e. The quantitative estimate of drug-likeness (QED) is 0.903. The minimum Gasteiger partial charge on any atom is -0.368 e. The number of aromatic nitrogens is 2. The number of H-pyrrole nitrogens is 1. The summed E-state index contributed by atoms with van der Waals surface area (Å²) in [5, 5.41) is 6.08. The highest BCUT2D eigenvalue weighted by Crippen LogP contribution is 2.23. The Morgan fingerprint density at radius 3 is 2.52 bits per heavy atom. The van der Waals surface area contributed by atoms with Crippen LogP contribution in [-0.2, 0) is 0 Å². The van der Waals surface area contributed by atoms with Crippen LogP contribution >= 0.6 is 11.6 Å². The molecule has 1 saturated heterocycles. The number of carbonyl (C=O) groups is 1. The first-order valence-electron chi connectivity index (χ1n) is 7.09. The molecular formula is C15H14ClFN4O2. The molecule has 0 unspecified atom stereocenters. The van der Waals surface area contributed by atoms with Crippen LogP contribution in [0.4, 0.5) is 10.1 Å². The molecule has 1 amide bonds. The van der Waals surface area contributed by atoms with Crippen LogP contribution in [0.1, 0.15) is 10.5 Å². The first kappa shape index (κ1) is 15.5. The molecule has 8 heteroatoms. The molecule has 0 saturated carbocycles. The van der Waals surface area contributed by atoms with Gasteiger partial charge >= 0.3 is 0 Å². The maximum absolute atomic E-state index is 13.2. The van der Waals surface area contributed by atoms with Gasteiger partial charge in [0.1, 0.15) is 11.5 Å². The fourth-order valence-electron chi connectivity index (χ4n) is 2.48. The van der Waals surface area contributed by atoms with Crippen LogP contribution in [0, 0.1) is 5.82 Å². The Bertz CT molecular complexity index is 767. The number of aromatic amines is 1. The van der Waals surface area contributed by atoms with Crippen molar-refractivity contribution in [3.05, 3.63) is 57.2 Å². The van der Waals surface area contributed by atoms with E-state index in [1.54, 1.807) is 17.0 Å². The van der Waals surface area contributed by atoms with E-state index in [2.05, 4.69) is 10.2 Å². The van der Waals surface area contributed by atoms with Crippen molar-refractivity contribution in [2.45, 2.75) is 0 Å². The van der Waals surface area contributed by atoms with E-state index in [0.29, 0.717) is 26.2 Å². The third-order valence-electron chi connectivity index (χ3n) is 3.73. The number of carbonyl (C=O) groups excluding carboxylic acids is 1. The molecule has 0 bridgehead atoms. The summed E-state index contributed by atoms with van der Waals surface area (Å²) in [6, 6.07) is 7.27. The summed E-state index contributed by atoms with van der Waals surface area (Å²) >= 11 is 5.80. The average molecular weight is 337 g/mol. The SMILES string of the molecule is O=C(c1ccc(=O)[nH]n1)N1CCN(c2ccc(F)c(Cl)c2)CC1. The number of benzene rings is 1. The Morgan fingerprint density at radius 1 is 1.17 bits per heavy atom. The number of rotatable bonds is 2. The van der Waals surface area contributed by atoms with E-state index >= 15 is 0 Å². The van der Waals surface area contributed by atoms with Gasteiger partial charge in [-0.1, -0.05) is 11.6 Å². The third kappa shape index (κ3) is 3.34. The third-order valence-corrected chi connectivity index (χ3v) is 4.02. The van der Waals surface area contributed by atoms with E-state index in [9.17, 15) is 14.0 Å². The molecule has 1 aromatic carbocycles. The molecule has 1 fully saturated rings. The number of hydrogen-bond donors (Lipinski definition) is 1. The van der Waals surface area contributed by atoms with Crippen molar-refractivity contribution in [2.24, 2.45) is 0 Å². The lowest BCUT2D eigenvalue weighted by atomic mass is 10.2. The number of piperazine rings is 1. The summed E-state index contributed by atoms with van der Waals surface area (Å²) in [7, 11) is 0. The minimum atomic E-state index is -0.451. The highest BCUT2D eigenvalue weighted by atomic mass is 35.5. The Morgan fingerprint density at radius 2 is 1.91 bits per heavy atom. The molecular weight excluding hydrogens is 323 g/mol. The number of hydrogen-bond acceptors (Lipinski definition) is 4. The molecule has 2 aromatic rings. The van der Waals surface area contributed by atoms with Crippen molar-refractivity contribution >= 4 is 23.2 Å². The predicted octanol–water partition coefficient (Wildman–Crippen LogP) is 1.52. The van der Waals surface area contributed by atoms with E-state index in [1.807, 2.05) is 4.90 Å². The summed E-state index contributed by atoms with van der Waals surface area (Å²) in [4.78, 5) is 27.0. The lowest BCUT2D eigenvalue weighted by Crippen LogP contribution is -2.49. The van der Waals surface area contributed by atoms with Crippen molar-refractivity contribution in [3.63, 3.8) is 0 Å². The molecule has 0 radical (unpaired) electrons. The first-order valence-corrected chi connectivity index (χ1v) is 7.47. The van der Waals surface area contributed by atoms with Crippen LogP contribution in [0.5, 0.6) is 0 Å². The van der Waals surface area contributed by atoms with Crippen molar-refractivity contribution in [2.75, 3.05) is 31.1 Å². The highest BCUT2D eigenvalue weighted by molar-refractivity contribution is 6.31.